The molecule has 53 heavy (non-hydrogen) atoms. The van der Waals surface area contributed by atoms with Crippen LogP contribution in [0.2, 0.25) is 0 Å². The van der Waals surface area contributed by atoms with Gasteiger partial charge in [-0.3, -0.25) is 4.79 Å². The van der Waals surface area contributed by atoms with E-state index in [1.54, 1.807) is 0 Å². The van der Waals surface area contributed by atoms with Crippen LogP contribution in [0.3, 0.4) is 0 Å². The second kappa shape index (κ2) is 43.8. The summed E-state index contributed by atoms with van der Waals surface area (Å²) >= 11 is 0. The lowest BCUT2D eigenvalue weighted by Gasteiger charge is -2.26. The third-order valence-electron chi connectivity index (χ3n) is 11.4. The molecular formula is C48H95NO4. The van der Waals surface area contributed by atoms with E-state index in [9.17, 15) is 20.1 Å². The van der Waals surface area contributed by atoms with Crippen LogP contribution in [0.5, 0.6) is 0 Å². The minimum Gasteiger partial charge on any atom is -0.394 e. The number of carbonyl (C=O) groups is 1. The van der Waals surface area contributed by atoms with Crippen LogP contribution in [0, 0.1) is 0 Å². The van der Waals surface area contributed by atoms with Crippen molar-refractivity contribution in [3.8, 4) is 0 Å². The molecule has 1 amide bonds. The SMILES string of the molecule is CCCCCCCCCCC/C=C/CCCC(O)C(O)C(CO)NC(=O)CCCCCCCCCCCCCCCCCCCCCCCCCCC. The molecule has 0 saturated carbocycles. The van der Waals surface area contributed by atoms with Gasteiger partial charge in [0.2, 0.25) is 5.91 Å². The summed E-state index contributed by atoms with van der Waals surface area (Å²) in [4.78, 5) is 12.4. The fourth-order valence-corrected chi connectivity index (χ4v) is 7.63. The molecule has 0 aromatic rings. The average Bonchev–Trinajstić information content (AvgIpc) is 3.16. The summed E-state index contributed by atoms with van der Waals surface area (Å²) in [5.74, 6) is -0.149. The van der Waals surface area contributed by atoms with Crippen molar-refractivity contribution in [2.75, 3.05) is 6.61 Å². The van der Waals surface area contributed by atoms with Gasteiger partial charge in [-0.2, -0.15) is 0 Å². The molecule has 0 aliphatic rings. The molecule has 0 fully saturated rings. The lowest BCUT2D eigenvalue weighted by molar-refractivity contribution is -0.124. The topological polar surface area (TPSA) is 89.8 Å². The van der Waals surface area contributed by atoms with E-state index in [0.717, 1.165) is 38.5 Å². The van der Waals surface area contributed by atoms with Crippen molar-refractivity contribution in [1.29, 1.82) is 0 Å². The van der Waals surface area contributed by atoms with E-state index < -0.39 is 18.2 Å². The average molecular weight is 750 g/mol. The van der Waals surface area contributed by atoms with Gasteiger partial charge in [-0.25, -0.2) is 0 Å². The highest BCUT2D eigenvalue weighted by molar-refractivity contribution is 5.76. The third kappa shape index (κ3) is 39.1. The van der Waals surface area contributed by atoms with Gasteiger partial charge in [-0.1, -0.05) is 231 Å². The van der Waals surface area contributed by atoms with Gasteiger partial charge in [-0.05, 0) is 38.5 Å². The van der Waals surface area contributed by atoms with Gasteiger partial charge < -0.3 is 20.6 Å². The van der Waals surface area contributed by atoms with Crippen LogP contribution in [0.25, 0.3) is 0 Å². The number of amides is 1. The molecule has 316 valence electrons. The molecule has 0 rings (SSSR count). The molecule has 0 spiro atoms. The molecule has 0 saturated heterocycles. The highest BCUT2D eigenvalue weighted by Crippen LogP contribution is 2.17. The number of aliphatic hydroxyl groups excluding tert-OH is 3. The first kappa shape index (κ1) is 52.1. The van der Waals surface area contributed by atoms with Crippen molar-refractivity contribution in [2.45, 2.75) is 283 Å². The zero-order valence-electron chi connectivity index (χ0n) is 35.9. The summed E-state index contributed by atoms with van der Waals surface area (Å²) in [5.41, 5.74) is 0. The summed E-state index contributed by atoms with van der Waals surface area (Å²) in [6, 6.07) is -0.820. The lowest BCUT2D eigenvalue weighted by Crippen LogP contribution is -2.50. The summed E-state index contributed by atoms with van der Waals surface area (Å²) in [5, 5.41) is 33.5. The van der Waals surface area contributed by atoms with E-state index in [4.69, 9.17) is 0 Å². The smallest absolute Gasteiger partial charge is 0.220 e. The molecule has 0 aromatic heterocycles. The molecule has 5 nitrogen and oxygen atoms in total. The Morgan fingerprint density at radius 1 is 0.453 bits per heavy atom. The van der Waals surface area contributed by atoms with Crippen molar-refractivity contribution in [3.05, 3.63) is 12.2 Å². The first-order chi connectivity index (χ1) is 26.1. The van der Waals surface area contributed by atoms with Crippen LogP contribution >= 0.6 is 0 Å². The van der Waals surface area contributed by atoms with E-state index in [1.165, 1.54) is 199 Å². The molecule has 0 aromatic carbocycles. The summed E-state index contributed by atoms with van der Waals surface area (Å²) in [7, 11) is 0. The summed E-state index contributed by atoms with van der Waals surface area (Å²) in [6.07, 6.45) is 52.0. The fraction of sp³-hybridized carbons (Fsp3) is 0.938. The largest absolute Gasteiger partial charge is 0.394 e. The van der Waals surface area contributed by atoms with Crippen molar-refractivity contribution < 1.29 is 20.1 Å². The molecule has 3 unspecified atom stereocenters. The summed E-state index contributed by atoms with van der Waals surface area (Å²) in [6.45, 7) is 4.18. The van der Waals surface area contributed by atoms with E-state index in [1.807, 2.05) is 0 Å². The van der Waals surface area contributed by atoms with Crippen molar-refractivity contribution in [1.82, 2.24) is 5.32 Å². The fourth-order valence-electron chi connectivity index (χ4n) is 7.63. The highest BCUT2D eigenvalue weighted by Gasteiger charge is 2.26. The van der Waals surface area contributed by atoms with Crippen LogP contribution in [-0.4, -0.2) is 46.1 Å². The van der Waals surface area contributed by atoms with E-state index in [2.05, 4.69) is 31.3 Å². The molecule has 3 atom stereocenters. The van der Waals surface area contributed by atoms with Gasteiger partial charge in [-0.15, -0.1) is 0 Å². The van der Waals surface area contributed by atoms with Gasteiger partial charge in [0.1, 0.15) is 6.10 Å². The number of hydrogen-bond donors (Lipinski definition) is 4. The second-order valence-electron chi connectivity index (χ2n) is 16.7. The van der Waals surface area contributed by atoms with E-state index >= 15 is 0 Å². The van der Waals surface area contributed by atoms with Gasteiger partial charge in [0.05, 0.1) is 18.8 Å². The Morgan fingerprint density at radius 2 is 0.755 bits per heavy atom. The number of allylic oxidation sites excluding steroid dienone is 2. The highest BCUT2D eigenvalue weighted by atomic mass is 16.3. The van der Waals surface area contributed by atoms with Gasteiger partial charge in [0, 0.05) is 6.42 Å². The first-order valence-corrected chi connectivity index (χ1v) is 24.0. The zero-order valence-corrected chi connectivity index (χ0v) is 35.9. The maximum Gasteiger partial charge on any atom is 0.220 e. The van der Waals surface area contributed by atoms with Crippen LogP contribution in [0.4, 0.5) is 0 Å². The molecule has 0 bridgehead atoms. The van der Waals surface area contributed by atoms with Crippen LogP contribution < -0.4 is 5.32 Å². The lowest BCUT2D eigenvalue weighted by atomic mass is 10.0. The molecule has 0 aliphatic carbocycles. The number of unbranched alkanes of at least 4 members (excludes halogenated alkanes) is 34. The zero-order chi connectivity index (χ0) is 38.7. The number of rotatable bonds is 44. The monoisotopic (exact) mass is 750 g/mol. The Morgan fingerprint density at radius 3 is 1.09 bits per heavy atom. The predicted molar refractivity (Wildman–Crippen MR) is 232 cm³/mol. The Hall–Kier alpha value is -0.910. The van der Waals surface area contributed by atoms with Gasteiger partial charge in [0.15, 0.2) is 0 Å². The van der Waals surface area contributed by atoms with Crippen LogP contribution in [0.1, 0.15) is 264 Å². The Bertz CT molecular complexity index is 743. The molecule has 0 aliphatic heterocycles. The summed E-state index contributed by atoms with van der Waals surface area (Å²) < 4.78 is 0. The molecule has 5 heteroatoms. The van der Waals surface area contributed by atoms with E-state index in [-0.39, 0.29) is 12.5 Å². The van der Waals surface area contributed by atoms with Gasteiger partial charge in [0.25, 0.3) is 0 Å². The third-order valence-corrected chi connectivity index (χ3v) is 11.4. The number of carbonyl (C=O) groups excluding carboxylic acids is 1. The predicted octanol–water partition coefficient (Wildman–Crippen LogP) is 14.0. The molecular weight excluding hydrogens is 655 g/mol. The Balaban J connectivity index is 3.55. The number of nitrogens with one attached hydrogen (secondary N) is 1. The molecule has 0 radical (unpaired) electrons. The number of hydrogen-bond acceptors (Lipinski definition) is 4. The number of aliphatic hydroxyl groups is 3. The van der Waals surface area contributed by atoms with Gasteiger partial charge >= 0.3 is 0 Å². The minimum atomic E-state index is -1.15. The first-order valence-electron chi connectivity index (χ1n) is 24.0. The Kier molecular flexibility index (Phi) is 43.1. The quantitative estimate of drug-likeness (QED) is 0.0369. The van der Waals surface area contributed by atoms with Crippen molar-refractivity contribution in [2.24, 2.45) is 0 Å². The second-order valence-corrected chi connectivity index (χ2v) is 16.7. The standard InChI is InChI=1S/C48H95NO4/c1-3-5-7-9-11-13-15-17-19-20-21-22-23-24-25-26-27-28-29-31-33-35-37-39-41-43-47(52)49-45(44-50)48(53)46(51)42-40-38-36-34-32-30-18-16-14-12-10-8-6-4-2/h34,36,45-46,48,50-51,53H,3-33,35,37-44H2,1-2H3,(H,49,52)/b36-34+. The molecule has 0 heterocycles. The van der Waals surface area contributed by atoms with Crippen LogP contribution in [-0.2, 0) is 4.79 Å². The maximum atomic E-state index is 12.4. The van der Waals surface area contributed by atoms with Crippen molar-refractivity contribution >= 4 is 5.91 Å². The molecule has 4 N–H and O–H groups in total. The minimum absolute atomic E-state index is 0.149. The Labute approximate surface area is 331 Å². The normalized spacial score (nSPS) is 13.5. The van der Waals surface area contributed by atoms with E-state index in [0.29, 0.717) is 12.8 Å². The van der Waals surface area contributed by atoms with Crippen LogP contribution in [0.15, 0.2) is 12.2 Å². The van der Waals surface area contributed by atoms with Crippen molar-refractivity contribution in [3.63, 3.8) is 0 Å². The maximum absolute atomic E-state index is 12.4.